The Kier molecular flexibility index (Phi) is 6.24. The summed E-state index contributed by atoms with van der Waals surface area (Å²) in [5.74, 6) is 0.168. The number of imide groups is 1. The number of hydrogen-bond donors (Lipinski definition) is 2. The Morgan fingerprint density at radius 1 is 1.50 bits per heavy atom. The van der Waals surface area contributed by atoms with E-state index in [9.17, 15) is 14.4 Å². The van der Waals surface area contributed by atoms with E-state index < -0.39 is 17.2 Å². The first-order valence-electron chi connectivity index (χ1n) is 9.20. The molecule has 0 saturated heterocycles. The van der Waals surface area contributed by atoms with Gasteiger partial charge in [0.25, 0.3) is 5.56 Å². The van der Waals surface area contributed by atoms with E-state index in [0.717, 1.165) is 41.4 Å². The fourth-order valence-corrected chi connectivity index (χ4v) is 5.61. The molecule has 0 saturated carbocycles. The van der Waals surface area contributed by atoms with Crippen LogP contribution >= 0.6 is 23.1 Å². The second-order valence-electron chi connectivity index (χ2n) is 6.96. The lowest BCUT2D eigenvalue weighted by Crippen LogP contribution is -2.41. The van der Waals surface area contributed by atoms with Crippen molar-refractivity contribution in [3.63, 3.8) is 0 Å². The molecule has 0 aliphatic heterocycles. The molecule has 2 atom stereocenters. The number of nitrogens with zero attached hydrogens (tertiary/aromatic N) is 2. The van der Waals surface area contributed by atoms with Crippen LogP contribution in [0.25, 0.3) is 10.2 Å². The number of urea groups is 1. The van der Waals surface area contributed by atoms with Gasteiger partial charge in [-0.1, -0.05) is 24.8 Å². The number of amides is 3. The van der Waals surface area contributed by atoms with Gasteiger partial charge in [0.2, 0.25) is 5.91 Å². The van der Waals surface area contributed by atoms with E-state index >= 15 is 0 Å². The fourth-order valence-electron chi connectivity index (χ4n) is 3.27. The van der Waals surface area contributed by atoms with E-state index in [1.54, 1.807) is 28.9 Å². The summed E-state index contributed by atoms with van der Waals surface area (Å²) in [6, 6.07) is -0.565. The molecule has 0 fully saturated rings. The van der Waals surface area contributed by atoms with Gasteiger partial charge in [-0.2, -0.15) is 0 Å². The quantitative estimate of drug-likeness (QED) is 0.441. The minimum Gasteiger partial charge on any atom is -0.341 e. The molecule has 2 N–H and O–H groups in total. The van der Waals surface area contributed by atoms with Gasteiger partial charge < -0.3 is 5.32 Å². The standard InChI is InChI=1S/C19H24N4O3S2/c1-5-8-23-17(25)14-12-7-6-10(2)9-13(12)28-16(14)22-19(23)27-11(3)15(24)21-18(26)20-4/h5,10-11H,1,6-9H2,2-4H3,(H2,20,21,24,26)/t10-,11-/m1/s1. The summed E-state index contributed by atoms with van der Waals surface area (Å²) in [6.07, 6.45) is 4.60. The first-order valence-corrected chi connectivity index (χ1v) is 10.9. The van der Waals surface area contributed by atoms with Crippen molar-refractivity contribution in [2.24, 2.45) is 5.92 Å². The largest absolute Gasteiger partial charge is 0.341 e. The van der Waals surface area contributed by atoms with Crippen LogP contribution in [-0.2, 0) is 24.2 Å². The van der Waals surface area contributed by atoms with Crippen LogP contribution in [0.2, 0.25) is 0 Å². The number of allylic oxidation sites excluding steroid dienone is 1. The molecular formula is C19H24N4O3S2. The van der Waals surface area contributed by atoms with E-state index in [4.69, 9.17) is 4.98 Å². The molecule has 28 heavy (non-hydrogen) atoms. The highest BCUT2D eigenvalue weighted by atomic mass is 32.2. The maximum absolute atomic E-state index is 13.2. The maximum atomic E-state index is 13.2. The summed E-state index contributed by atoms with van der Waals surface area (Å²) in [5.41, 5.74) is 1.05. The zero-order valence-corrected chi connectivity index (χ0v) is 17.8. The van der Waals surface area contributed by atoms with Crippen molar-refractivity contribution in [2.45, 2.75) is 50.1 Å². The number of thioether (sulfide) groups is 1. The van der Waals surface area contributed by atoms with E-state index in [0.29, 0.717) is 23.0 Å². The third-order valence-corrected chi connectivity index (χ3v) is 7.05. The molecule has 0 unspecified atom stereocenters. The van der Waals surface area contributed by atoms with Gasteiger partial charge in [0.1, 0.15) is 4.83 Å². The number of aryl methyl sites for hydroxylation is 1. The lowest BCUT2D eigenvalue weighted by atomic mass is 9.89. The Balaban J connectivity index is 2.01. The van der Waals surface area contributed by atoms with Crippen LogP contribution in [0.3, 0.4) is 0 Å². The zero-order valence-electron chi connectivity index (χ0n) is 16.2. The first-order chi connectivity index (χ1) is 13.3. The molecule has 0 aromatic carbocycles. The van der Waals surface area contributed by atoms with Crippen LogP contribution < -0.4 is 16.2 Å². The van der Waals surface area contributed by atoms with Gasteiger partial charge in [0.05, 0.1) is 10.6 Å². The van der Waals surface area contributed by atoms with E-state index in [1.165, 1.54) is 11.9 Å². The number of carbonyl (C=O) groups is 2. The third-order valence-electron chi connectivity index (χ3n) is 4.81. The molecule has 3 amide bonds. The molecule has 1 aliphatic carbocycles. The molecule has 0 bridgehead atoms. The molecule has 0 spiro atoms. The molecule has 1 aliphatic rings. The Morgan fingerprint density at radius 3 is 2.93 bits per heavy atom. The molecule has 2 heterocycles. The van der Waals surface area contributed by atoms with Crippen LogP contribution in [0.1, 0.15) is 30.7 Å². The topological polar surface area (TPSA) is 93.1 Å². The summed E-state index contributed by atoms with van der Waals surface area (Å²) < 4.78 is 1.56. The highest BCUT2D eigenvalue weighted by molar-refractivity contribution is 8.00. The van der Waals surface area contributed by atoms with Crippen molar-refractivity contribution in [3.05, 3.63) is 33.4 Å². The number of rotatable bonds is 5. The van der Waals surface area contributed by atoms with Gasteiger partial charge in [0, 0.05) is 18.5 Å². The summed E-state index contributed by atoms with van der Waals surface area (Å²) in [7, 11) is 1.44. The van der Waals surface area contributed by atoms with Gasteiger partial charge in [-0.3, -0.25) is 19.5 Å². The van der Waals surface area contributed by atoms with Crippen LogP contribution in [-0.4, -0.2) is 33.8 Å². The predicted molar refractivity (Wildman–Crippen MR) is 113 cm³/mol. The Labute approximate surface area is 171 Å². The highest BCUT2D eigenvalue weighted by Gasteiger charge is 2.26. The molecule has 150 valence electrons. The first kappa shape index (κ1) is 20.6. The van der Waals surface area contributed by atoms with Crippen LogP contribution in [0.15, 0.2) is 22.6 Å². The van der Waals surface area contributed by atoms with Crippen molar-refractivity contribution in [2.75, 3.05) is 7.05 Å². The summed E-state index contributed by atoms with van der Waals surface area (Å²) >= 11 is 2.74. The summed E-state index contributed by atoms with van der Waals surface area (Å²) in [5, 5.41) is 5.18. The number of hydrogen-bond acceptors (Lipinski definition) is 6. The number of thiophene rings is 1. The molecule has 7 nitrogen and oxygen atoms in total. The second-order valence-corrected chi connectivity index (χ2v) is 9.35. The predicted octanol–water partition coefficient (Wildman–Crippen LogP) is 2.71. The number of fused-ring (bicyclic) bond motifs is 3. The van der Waals surface area contributed by atoms with Crippen LogP contribution in [0.4, 0.5) is 4.79 Å². The van der Waals surface area contributed by atoms with Gasteiger partial charge in [0.15, 0.2) is 5.16 Å². The molecule has 0 radical (unpaired) electrons. The zero-order chi connectivity index (χ0) is 20.4. The Morgan fingerprint density at radius 2 is 2.25 bits per heavy atom. The molecule has 2 aromatic heterocycles. The lowest BCUT2D eigenvalue weighted by molar-refractivity contribution is -0.119. The van der Waals surface area contributed by atoms with Crippen molar-refractivity contribution < 1.29 is 9.59 Å². The smallest absolute Gasteiger partial charge is 0.321 e. The third kappa shape index (κ3) is 4.00. The van der Waals surface area contributed by atoms with Crippen molar-refractivity contribution in [3.8, 4) is 0 Å². The number of aromatic nitrogens is 2. The minimum atomic E-state index is -0.590. The molecule has 3 rings (SSSR count). The van der Waals surface area contributed by atoms with Crippen molar-refractivity contribution in [1.82, 2.24) is 20.2 Å². The Bertz CT molecular complexity index is 995. The normalized spacial score (nSPS) is 17.0. The van der Waals surface area contributed by atoms with E-state index in [-0.39, 0.29) is 5.56 Å². The average molecular weight is 421 g/mol. The summed E-state index contributed by atoms with van der Waals surface area (Å²) in [4.78, 5) is 43.5. The van der Waals surface area contributed by atoms with Gasteiger partial charge in [-0.05, 0) is 37.7 Å². The monoisotopic (exact) mass is 420 g/mol. The Hall–Kier alpha value is -2.13. The van der Waals surface area contributed by atoms with E-state index in [2.05, 4.69) is 24.1 Å². The highest BCUT2D eigenvalue weighted by Crippen LogP contribution is 2.36. The maximum Gasteiger partial charge on any atom is 0.321 e. The minimum absolute atomic E-state index is 0.0848. The average Bonchev–Trinajstić information content (AvgIpc) is 3.01. The molecule has 2 aromatic rings. The van der Waals surface area contributed by atoms with Crippen LogP contribution in [0, 0.1) is 5.92 Å². The van der Waals surface area contributed by atoms with Crippen molar-refractivity contribution >= 4 is 45.3 Å². The molecular weight excluding hydrogens is 396 g/mol. The van der Waals surface area contributed by atoms with E-state index in [1.807, 2.05) is 0 Å². The van der Waals surface area contributed by atoms with Gasteiger partial charge in [-0.25, -0.2) is 9.78 Å². The van der Waals surface area contributed by atoms with Crippen molar-refractivity contribution in [1.29, 1.82) is 0 Å². The number of carbonyl (C=O) groups excluding carboxylic acids is 2. The van der Waals surface area contributed by atoms with Gasteiger partial charge >= 0.3 is 6.03 Å². The SMILES string of the molecule is C=CCn1c(S[C@H](C)C(=O)NC(=O)NC)nc2sc3c(c2c1=O)CC[C@@H](C)C3. The van der Waals surface area contributed by atoms with Gasteiger partial charge in [-0.15, -0.1) is 17.9 Å². The molecule has 9 heteroatoms. The fraction of sp³-hybridized carbons (Fsp3) is 0.474. The number of nitrogens with one attached hydrogen (secondary N) is 2. The second kappa shape index (κ2) is 8.48. The van der Waals surface area contributed by atoms with Crippen LogP contribution in [0.5, 0.6) is 0 Å². The summed E-state index contributed by atoms with van der Waals surface area (Å²) in [6.45, 7) is 7.96. The lowest BCUT2D eigenvalue weighted by Gasteiger charge is -2.18.